The topological polar surface area (TPSA) is 86.7 Å². The molecular formula is C21H22N2O4. The number of amides is 2. The van der Waals surface area contributed by atoms with E-state index in [4.69, 9.17) is 0 Å². The highest BCUT2D eigenvalue weighted by Gasteiger charge is 2.39. The van der Waals surface area contributed by atoms with Gasteiger partial charge in [-0.1, -0.05) is 36.4 Å². The molecule has 140 valence electrons. The van der Waals surface area contributed by atoms with Crippen molar-refractivity contribution < 1.29 is 19.5 Å². The van der Waals surface area contributed by atoms with Crippen molar-refractivity contribution in [2.45, 2.75) is 26.3 Å². The molecule has 3 rings (SSSR count). The number of nitrogens with zero attached hydrogens (tertiary/aromatic N) is 1. The number of carbonyl (C=O) groups is 3. The van der Waals surface area contributed by atoms with Crippen molar-refractivity contribution in [2.75, 3.05) is 11.4 Å². The van der Waals surface area contributed by atoms with Crippen LogP contribution in [0.1, 0.15) is 29.2 Å². The second-order valence-corrected chi connectivity index (χ2v) is 6.87. The van der Waals surface area contributed by atoms with E-state index in [9.17, 15) is 19.5 Å². The zero-order valence-corrected chi connectivity index (χ0v) is 15.3. The van der Waals surface area contributed by atoms with Crippen LogP contribution in [0.5, 0.6) is 0 Å². The van der Waals surface area contributed by atoms with Gasteiger partial charge in [0, 0.05) is 12.2 Å². The van der Waals surface area contributed by atoms with Crippen LogP contribution in [0.3, 0.4) is 0 Å². The fraction of sp³-hybridized carbons (Fsp3) is 0.286. The highest BCUT2D eigenvalue weighted by atomic mass is 16.4. The molecule has 0 bridgehead atoms. The summed E-state index contributed by atoms with van der Waals surface area (Å²) in [6.45, 7) is 4.35. The van der Waals surface area contributed by atoms with Gasteiger partial charge in [-0.05, 0) is 49.1 Å². The normalized spacial score (nSPS) is 17.6. The van der Waals surface area contributed by atoms with Gasteiger partial charge >= 0.3 is 5.97 Å². The van der Waals surface area contributed by atoms with Gasteiger partial charge in [-0.3, -0.25) is 9.59 Å². The zero-order chi connectivity index (χ0) is 19.6. The maximum Gasteiger partial charge on any atom is 0.330 e. The molecule has 2 aromatic carbocycles. The highest BCUT2D eigenvalue weighted by molar-refractivity contribution is 6.10. The molecule has 1 unspecified atom stereocenters. The van der Waals surface area contributed by atoms with Gasteiger partial charge in [0.15, 0.2) is 6.04 Å². The van der Waals surface area contributed by atoms with Crippen molar-refractivity contribution >= 4 is 23.5 Å². The molecule has 2 aromatic rings. The highest BCUT2D eigenvalue weighted by Crippen LogP contribution is 2.28. The number of carbonyl (C=O) groups excluding carboxylic acids is 2. The van der Waals surface area contributed by atoms with Crippen molar-refractivity contribution in [2.24, 2.45) is 5.92 Å². The Bertz CT molecular complexity index is 859. The summed E-state index contributed by atoms with van der Waals surface area (Å²) in [5.41, 5.74) is 3.32. The molecule has 1 fully saturated rings. The molecule has 1 aliphatic rings. The number of aryl methyl sites for hydroxylation is 2. The molecule has 0 aromatic heterocycles. The fourth-order valence-electron chi connectivity index (χ4n) is 3.46. The minimum Gasteiger partial charge on any atom is -0.479 e. The molecule has 1 saturated heterocycles. The summed E-state index contributed by atoms with van der Waals surface area (Å²) in [5.74, 6) is -2.89. The SMILES string of the molecule is Cc1cc(C)cc(N2CCC(C(=O)N[C@H](C(=O)O)c3ccccc3)C2=O)c1. The number of aliphatic carboxylic acids is 1. The molecule has 0 radical (unpaired) electrons. The lowest BCUT2D eigenvalue weighted by atomic mass is 10.0. The lowest BCUT2D eigenvalue weighted by Gasteiger charge is -2.19. The lowest BCUT2D eigenvalue weighted by molar-refractivity contribution is -0.143. The number of hydrogen-bond acceptors (Lipinski definition) is 3. The molecule has 1 aliphatic heterocycles. The number of benzene rings is 2. The Balaban J connectivity index is 1.76. The number of hydrogen-bond donors (Lipinski definition) is 2. The van der Waals surface area contributed by atoms with E-state index in [1.165, 1.54) is 0 Å². The molecule has 2 amide bonds. The molecule has 2 atom stereocenters. The van der Waals surface area contributed by atoms with Crippen molar-refractivity contribution in [3.63, 3.8) is 0 Å². The van der Waals surface area contributed by atoms with Crippen LogP contribution in [0, 0.1) is 19.8 Å². The van der Waals surface area contributed by atoms with E-state index in [0.717, 1.165) is 16.8 Å². The van der Waals surface area contributed by atoms with E-state index in [-0.39, 0.29) is 5.91 Å². The van der Waals surface area contributed by atoms with E-state index in [2.05, 4.69) is 5.32 Å². The number of carboxylic acid groups (broad SMARTS) is 1. The summed E-state index contributed by atoms with van der Waals surface area (Å²) in [7, 11) is 0. The van der Waals surface area contributed by atoms with Crippen LogP contribution in [0.25, 0.3) is 0 Å². The first kappa shape index (κ1) is 18.6. The van der Waals surface area contributed by atoms with E-state index in [1.807, 2.05) is 32.0 Å². The summed E-state index contributed by atoms with van der Waals surface area (Å²) in [6, 6.07) is 13.1. The van der Waals surface area contributed by atoms with Gasteiger partial charge in [0.05, 0.1) is 0 Å². The fourth-order valence-corrected chi connectivity index (χ4v) is 3.46. The van der Waals surface area contributed by atoms with Crippen LogP contribution in [-0.2, 0) is 14.4 Å². The Morgan fingerprint density at radius 1 is 1.11 bits per heavy atom. The summed E-state index contributed by atoms with van der Waals surface area (Å²) < 4.78 is 0. The third kappa shape index (κ3) is 4.00. The zero-order valence-electron chi connectivity index (χ0n) is 15.3. The minimum atomic E-state index is -1.18. The van der Waals surface area contributed by atoms with Gasteiger partial charge < -0.3 is 15.3 Å². The third-order valence-electron chi connectivity index (χ3n) is 4.71. The molecule has 6 heteroatoms. The van der Waals surface area contributed by atoms with Gasteiger partial charge in [0.2, 0.25) is 11.8 Å². The van der Waals surface area contributed by atoms with E-state index in [0.29, 0.717) is 18.5 Å². The second kappa shape index (κ2) is 7.61. The molecule has 0 spiro atoms. The average Bonchev–Trinajstić information content (AvgIpc) is 3.00. The van der Waals surface area contributed by atoms with Crippen LogP contribution in [0.4, 0.5) is 5.69 Å². The molecule has 0 aliphatic carbocycles. The number of anilines is 1. The molecule has 2 N–H and O–H groups in total. The number of nitrogens with one attached hydrogen (secondary N) is 1. The second-order valence-electron chi connectivity index (χ2n) is 6.87. The van der Waals surface area contributed by atoms with Gasteiger partial charge in [-0.15, -0.1) is 0 Å². The average molecular weight is 366 g/mol. The quantitative estimate of drug-likeness (QED) is 0.797. The van der Waals surface area contributed by atoms with Gasteiger partial charge in [0.25, 0.3) is 0 Å². The van der Waals surface area contributed by atoms with Crippen molar-refractivity contribution in [1.82, 2.24) is 5.32 Å². The Kier molecular flexibility index (Phi) is 5.26. The van der Waals surface area contributed by atoms with Crippen molar-refractivity contribution in [3.8, 4) is 0 Å². The van der Waals surface area contributed by atoms with E-state index in [1.54, 1.807) is 35.2 Å². The smallest absolute Gasteiger partial charge is 0.330 e. The molecule has 27 heavy (non-hydrogen) atoms. The standard InChI is InChI=1S/C21H22N2O4/c1-13-10-14(2)12-16(11-13)23-9-8-17(20(23)25)19(24)22-18(21(26)27)15-6-4-3-5-7-15/h3-7,10-12,17-18H,8-9H2,1-2H3,(H,22,24)(H,26,27)/t17?,18-/m0/s1. The number of rotatable bonds is 5. The first-order valence-corrected chi connectivity index (χ1v) is 8.84. The van der Waals surface area contributed by atoms with Crippen molar-refractivity contribution in [3.05, 3.63) is 65.2 Å². The summed E-state index contributed by atoms with van der Waals surface area (Å²) in [4.78, 5) is 38.6. The Morgan fingerprint density at radius 3 is 2.33 bits per heavy atom. The van der Waals surface area contributed by atoms with Crippen LogP contribution < -0.4 is 10.2 Å². The summed E-state index contributed by atoms with van der Waals surface area (Å²) >= 11 is 0. The van der Waals surface area contributed by atoms with Crippen LogP contribution in [-0.4, -0.2) is 29.4 Å². The number of carboxylic acids is 1. The van der Waals surface area contributed by atoms with Gasteiger partial charge in [-0.2, -0.15) is 0 Å². The summed E-state index contributed by atoms with van der Waals surface area (Å²) in [5, 5.41) is 12.0. The summed E-state index contributed by atoms with van der Waals surface area (Å²) in [6.07, 6.45) is 0.360. The predicted octanol–water partition coefficient (Wildman–Crippen LogP) is 2.60. The molecule has 1 heterocycles. The molecular weight excluding hydrogens is 344 g/mol. The minimum absolute atomic E-state index is 0.297. The Labute approximate surface area is 157 Å². The van der Waals surface area contributed by atoms with Crippen molar-refractivity contribution in [1.29, 1.82) is 0 Å². The lowest BCUT2D eigenvalue weighted by Crippen LogP contribution is -2.41. The van der Waals surface area contributed by atoms with E-state index >= 15 is 0 Å². The van der Waals surface area contributed by atoms with E-state index < -0.39 is 23.8 Å². The van der Waals surface area contributed by atoms with Crippen LogP contribution >= 0.6 is 0 Å². The van der Waals surface area contributed by atoms with Crippen LogP contribution in [0.2, 0.25) is 0 Å². The first-order chi connectivity index (χ1) is 12.9. The Morgan fingerprint density at radius 2 is 1.74 bits per heavy atom. The maximum atomic E-state index is 12.8. The maximum absolute atomic E-state index is 12.8. The van der Waals surface area contributed by atoms with Crippen LogP contribution in [0.15, 0.2) is 48.5 Å². The molecule has 6 nitrogen and oxygen atoms in total. The largest absolute Gasteiger partial charge is 0.479 e. The predicted molar refractivity (Wildman–Crippen MR) is 101 cm³/mol. The monoisotopic (exact) mass is 366 g/mol. The first-order valence-electron chi connectivity index (χ1n) is 8.84. The molecule has 0 saturated carbocycles. The Hall–Kier alpha value is -3.15. The third-order valence-corrected chi connectivity index (χ3v) is 4.71. The van der Waals surface area contributed by atoms with Gasteiger partial charge in [0.1, 0.15) is 5.92 Å². The van der Waals surface area contributed by atoms with Gasteiger partial charge in [-0.25, -0.2) is 4.79 Å².